The molecule has 0 aromatic heterocycles. The minimum atomic E-state index is -2.12. The Balaban J connectivity index is 2.60. The van der Waals surface area contributed by atoms with Gasteiger partial charge in [0, 0.05) is 0 Å². The van der Waals surface area contributed by atoms with Gasteiger partial charge in [-0.15, -0.1) is 0 Å². The molecule has 0 spiro atoms. The summed E-state index contributed by atoms with van der Waals surface area (Å²) in [7, 11) is 0. The molecule has 2 atom stereocenters. The maximum absolute atomic E-state index is 11.8. The van der Waals surface area contributed by atoms with Crippen molar-refractivity contribution in [3.63, 3.8) is 0 Å². The van der Waals surface area contributed by atoms with Gasteiger partial charge in [-0.2, -0.15) is 0 Å². The molecule has 18 heavy (non-hydrogen) atoms. The second kappa shape index (κ2) is 4.40. The van der Waals surface area contributed by atoms with Crippen molar-refractivity contribution in [2.24, 2.45) is 11.8 Å². The molecule has 0 heterocycles. The van der Waals surface area contributed by atoms with Crippen LogP contribution in [0.15, 0.2) is 24.3 Å². The smallest absolute Gasteiger partial charge is 0.310 e. The number of aliphatic hydroxyl groups is 1. The van der Waals surface area contributed by atoms with E-state index in [0.717, 1.165) is 5.56 Å². The Bertz CT molecular complexity index is 503. The van der Waals surface area contributed by atoms with Crippen LogP contribution in [0.5, 0.6) is 0 Å². The Morgan fingerprint density at radius 1 is 1.39 bits per heavy atom. The number of rotatable bonds is 2. The van der Waals surface area contributed by atoms with E-state index in [9.17, 15) is 14.7 Å². The van der Waals surface area contributed by atoms with E-state index in [2.05, 4.69) is 0 Å². The molecule has 5 N–H and O–H groups in total. The Morgan fingerprint density at radius 2 is 2.06 bits per heavy atom. The molecular formula is C12H14N2O4. The van der Waals surface area contributed by atoms with Crippen molar-refractivity contribution >= 4 is 11.9 Å². The molecule has 0 bridgehead atoms. The Morgan fingerprint density at radius 3 is 2.67 bits per heavy atom. The molecule has 96 valence electrons. The van der Waals surface area contributed by atoms with Gasteiger partial charge in [-0.05, 0) is 24.0 Å². The number of benzene rings is 1. The van der Waals surface area contributed by atoms with E-state index >= 15 is 0 Å². The van der Waals surface area contributed by atoms with Gasteiger partial charge in [0.25, 0.3) is 5.91 Å². The number of nitrogens with one attached hydrogen (secondary N) is 1. The molecule has 1 aromatic carbocycles. The minimum Gasteiger partial charge on any atom is -0.481 e. The van der Waals surface area contributed by atoms with Gasteiger partial charge in [-0.25, -0.2) is 5.84 Å². The number of hydrazine groups is 1. The van der Waals surface area contributed by atoms with Crippen molar-refractivity contribution in [2.45, 2.75) is 18.4 Å². The van der Waals surface area contributed by atoms with E-state index in [1.165, 1.54) is 0 Å². The fourth-order valence-corrected chi connectivity index (χ4v) is 2.50. The first-order valence-corrected chi connectivity index (χ1v) is 5.56. The molecule has 0 unspecified atom stereocenters. The molecule has 1 aliphatic carbocycles. The van der Waals surface area contributed by atoms with E-state index < -0.39 is 23.4 Å². The highest BCUT2D eigenvalue weighted by atomic mass is 16.4. The highest BCUT2D eigenvalue weighted by Gasteiger charge is 2.52. The molecule has 0 aliphatic heterocycles. The van der Waals surface area contributed by atoms with Crippen LogP contribution in [0.3, 0.4) is 0 Å². The monoisotopic (exact) mass is 250 g/mol. The molecular weight excluding hydrogens is 236 g/mol. The van der Waals surface area contributed by atoms with E-state index in [1.54, 1.807) is 24.3 Å². The van der Waals surface area contributed by atoms with Gasteiger partial charge in [-0.1, -0.05) is 24.3 Å². The van der Waals surface area contributed by atoms with Gasteiger partial charge >= 0.3 is 5.97 Å². The van der Waals surface area contributed by atoms with Crippen LogP contribution in [0.2, 0.25) is 0 Å². The van der Waals surface area contributed by atoms with Crippen LogP contribution < -0.4 is 11.3 Å². The van der Waals surface area contributed by atoms with Crippen LogP contribution in [0.25, 0.3) is 0 Å². The van der Waals surface area contributed by atoms with Crippen molar-refractivity contribution in [1.82, 2.24) is 5.43 Å². The first kappa shape index (κ1) is 12.5. The van der Waals surface area contributed by atoms with Crippen molar-refractivity contribution < 1.29 is 19.8 Å². The van der Waals surface area contributed by atoms with E-state index in [1.807, 2.05) is 5.43 Å². The third kappa shape index (κ3) is 1.66. The predicted octanol–water partition coefficient (Wildman–Crippen LogP) is -0.489. The maximum Gasteiger partial charge on any atom is 0.310 e. The molecule has 1 aliphatic rings. The van der Waals surface area contributed by atoms with Crippen molar-refractivity contribution in [2.75, 3.05) is 0 Å². The highest BCUT2D eigenvalue weighted by Crippen LogP contribution is 2.40. The number of carboxylic acid groups (broad SMARTS) is 1. The lowest BCUT2D eigenvalue weighted by molar-refractivity contribution is -0.165. The zero-order valence-corrected chi connectivity index (χ0v) is 9.59. The lowest BCUT2D eigenvalue weighted by Gasteiger charge is -2.37. The standard InChI is InChI=1S/C12H14N2O4/c13-14-11(17)12(18)8-4-2-1-3-7(8)5-6-9(12)10(15)16/h1-4,9,18H,5-6,13H2,(H,14,17)(H,15,16)/t9-,12-/m1/s1. The van der Waals surface area contributed by atoms with Gasteiger partial charge < -0.3 is 10.2 Å². The van der Waals surface area contributed by atoms with E-state index in [4.69, 9.17) is 10.9 Å². The Kier molecular flexibility index (Phi) is 3.06. The molecule has 1 amide bonds. The number of hydrogen-bond donors (Lipinski definition) is 4. The van der Waals surface area contributed by atoms with Crippen LogP contribution >= 0.6 is 0 Å². The molecule has 6 nitrogen and oxygen atoms in total. The summed E-state index contributed by atoms with van der Waals surface area (Å²) in [5, 5.41) is 19.7. The average Bonchev–Trinajstić information content (AvgIpc) is 2.37. The first-order valence-electron chi connectivity index (χ1n) is 5.56. The van der Waals surface area contributed by atoms with Gasteiger partial charge in [0.2, 0.25) is 0 Å². The number of aryl methyl sites for hydroxylation is 1. The van der Waals surface area contributed by atoms with Crippen molar-refractivity contribution in [1.29, 1.82) is 0 Å². The van der Waals surface area contributed by atoms with Crippen LogP contribution in [0.4, 0.5) is 0 Å². The summed E-state index contributed by atoms with van der Waals surface area (Å²) in [4.78, 5) is 23.0. The van der Waals surface area contributed by atoms with Crippen molar-refractivity contribution in [3.05, 3.63) is 35.4 Å². The zero-order chi connectivity index (χ0) is 13.3. The molecule has 1 aromatic rings. The zero-order valence-electron chi connectivity index (χ0n) is 9.59. The lowest BCUT2D eigenvalue weighted by atomic mass is 9.71. The fourth-order valence-electron chi connectivity index (χ4n) is 2.50. The number of carbonyl (C=O) groups is 2. The molecule has 0 radical (unpaired) electrons. The summed E-state index contributed by atoms with van der Waals surface area (Å²) in [5.74, 6) is 1.74. The quantitative estimate of drug-likeness (QED) is 0.321. The predicted molar refractivity (Wildman–Crippen MR) is 62.1 cm³/mol. The summed E-state index contributed by atoms with van der Waals surface area (Å²) >= 11 is 0. The fraction of sp³-hybridized carbons (Fsp3) is 0.333. The summed E-state index contributed by atoms with van der Waals surface area (Å²) in [6, 6.07) is 6.75. The van der Waals surface area contributed by atoms with E-state index in [0.29, 0.717) is 12.0 Å². The SMILES string of the molecule is NNC(=O)[C@@]1(O)c2ccccc2CC[C@@H]1C(=O)O. The molecule has 2 rings (SSSR count). The number of carboxylic acids is 1. The van der Waals surface area contributed by atoms with Gasteiger partial charge in [0.1, 0.15) is 0 Å². The van der Waals surface area contributed by atoms with Gasteiger partial charge in [-0.3, -0.25) is 15.0 Å². The molecule has 0 fully saturated rings. The largest absolute Gasteiger partial charge is 0.481 e. The van der Waals surface area contributed by atoms with Gasteiger partial charge in [0.15, 0.2) is 5.60 Å². The summed E-state index contributed by atoms with van der Waals surface area (Å²) in [5.41, 5.74) is 0.810. The van der Waals surface area contributed by atoms with Crippen LogP contribution in [0, 0.1) is 5.92 Å². The lowest BCUT2D eigenvalue weighted by Crippen LogP contribution is -2.55. The molecule has 0 saturated carbocycles. The normalized spacial score (nSPS) is 26.2. The Hall–Kier alpha value is -1.92. The number of nitrogens with two attached hydrogens (primary N) is 1. The second-order valence-corrected chi connectivity index (χ2v) is 4.33. The highest BCUT2D eigenvalue weighted by molar-refractivity contribution is 5.92. The van der Waals surface area contributed by atoms with Crippen LogP contribution in [-0.2, 0) is 21.6 Å². The summed E-state index contributed by atoms with van der Waals surface area (Å²) in [6.45, 7) is 0. The average molecular weight is 250 g/mol. The summed E-state index contributed by atoms with van der Waals surface area (Å²) < 4.78 is 0. The first-order chi connectivity index (χ1) is 8.51. The van der Waals surface area contributed by atoms with Crippen molar-refractivity contribution in [3.8, 4) is 0 Å². The van der Waals surface area contributed by atoms with Crippen LogP contribution in [0.1, 0.15) is 17.5 Å². The van der Waals surface area contributed by atoms with Gasteiger partial charge in [0.05, 0.1) is 5.92 Å². The summed E-state index contributed by atoms with van der Waals surface area (Å²) in [6.07, 6.45) is 0.698. The molecule has 0 saturated heterocycles. The number of aliphatic carboxylic acids is 1. The maximum atomic E-state index is 11.8. The number of fused-ring (bicyclic) bond motifs is 1. The molecule has 6 heteroatoms. The minimum absolute atomic E-state index is 0.191. The third-order valence-corrected chi connectivity index (χ3v) is 3.41. The number of hydrogen-bond acceptors (Lipinski definition) is 4. The Labute approximate surface area is 103 Å². The number of carbonyl (C=O) groups excluding carboxylic acids is 1. The second-order valence-electron chi connectivity index (χ2n) is 4.33. The third-order valence-electron chi connectivity index (χ3n) is 3.41. The number of amides is 1. The topological polar surface area (TPSA) is 113 Å². The van der Waals surface area contributed by atoms with E-state index in [-0.39, 0.29) is 6.42 Å². The van der Waals surface area contributed by atoms with Crippen LogP contribution in [-0.4, -0.2) is 22.1 Å².